The summed E-state index contributed by atoms with van der Waals surface area (Å²) in [5.41, 5.74) is 5.09. The largest absolute Gasteiger partial charge is 0.372 e. The summed E-state index contributed by atoms with van der Waals surface area (Å²) in [6.07, 6.45) is 5.55. The van der Waals surface area contributed by atoms with Gasteiger partial charge in [0.15, 0.2) is 0 Å². The number of fused-ring (bicyclic) bond motifs is 1. The van der Waals surface area contributed by atoms with Crippen molar-refractivity contribution < 1.29 is 4.74 Å². The highest BCUT2D eigenvalue weighted by Gasteiger charge is 2.28. The third-order valence-electron chi connectivity index (χ3n) is 5.89. The monoisotopic (exact) mass is 347 g/mol. The van der Waals surface area contributed by atoms with Crippen molar-refractivity contribution in [2.75, 3.05) is 19.7 Å². The first kappa shape index (κ1) is 16.0. The number of hydrogen-bond acceptors (Lipinski definition) is 3. The maximum absolute atomic E-state index is 5.99. The molecule has 0 spiro atoms. The van der Waals surface area contributed by atoms with E-state index in [1.807, 2.05) is 12.3 Å². The number of nitrogens with zero attached hydrogens (tertiary/aromatic N) is 2. The number of aromatic amines is 1. The normalized spacial score (nSPS) is 23.8. The maximum atomic E-state index is 5.99. The minimum Gasteiger partial charge on any atom is -0.372 e. The van der Waals surface area contributed by atoms with Crippen LogP contribution in [0, 0.1) is 0 Å². The van der Waals surface area contributed by atoms with Crippen LogP contribution in [0.25, 0.3) is 11.0 Å². The number of rotatable bonds is 4. The smallest absolute Gasteiger partial charge is 0.137 e. The second-order valence-corrected chi connectivity index (χ2v) is 7.55. The summed E-state index contributed by atoms with van der Waals surface area (Å²) in [7, 11) is 0. The molecule has 1 unspecified atom stereocenters. The van der Waals surface area contributed by atoms with Gasteiger partial charge in [0.05, 0.1) is 11.8 Å². The van der Waals surface area contributed by atoms with E-state index in [0.29, 0.717) is 5.92 Å². The molecule has 0 aliphatic carbocycles. The Labute approximate surface area is 154 Å². The number of hydrogen-bond donors (Lipinski definition) is 1. The lowest BCUT2D eigenvalue weighted by Gasteiger charge is -2.18. The van der Waals surface area contributed by atoms with Gasteiger partial charge in [-0.15, -0.1) is 0 Å². The summed E-state index contributed by atoms with van der Waals surface area (Å²) in [6.45, 7) is 4.12. The fraction of sp³-hybridized carbons (Fsp3) is 0.409. The average Bonchev–Trinajstić information content (AvgIpc) is 3.43. The maximum Gasteiger partial charge on any atom is 0.137 e. The standard InChI is InChI=1S/C22H25N3O/c1-2-6-16(7-3-1)17-10-12-25(14-17)15-19-18-8-4-11-23-22(18)24-21(19)20-9-5-13-26-20/h1-4,6-8,11,17,20H,5,9-10,12-15H2,(H,23,24)/t17?,20-/m0/s1. The van der Waals surface area contributed by atoms with Crippen LogP contribution in [0.2, 0.25) is 0 Å². The minimum absolute atomic E-state index is 0.201. The Bertz CT molecular complexity index is 883. The molecule has 2 aliphatic rings. The van der Waals surface area contributed by atoms with Gasteiger partial charge >= 0.3 is 0 Å². The molecule has 0 bridgehead atoms. The van der Waals surface area contributed by atoms with E-state index in [-0.39, 0.29) is 6.10 Å². The molecule has 0 radical (unpaired) electrons. The van der Waals surface area contributed by atoms with Gasteiger partial charge in [-0.25, -0.2) is 4.98 Å². The number of H-pyrrole nitrogens is 1. The SMILES string of the molecule is c1ccc(C2CCN(Cc3c([C@@H]4CCCO4)[nH]c4ncccc34)C2)cc1. The van der Waals surface area contributed by atoms with Crippen LogP contribution in [0.5, 0.6) is 0 Å². The van der Waals surface area contributed by atoms with Crippen molar-refractivity contribution in [3.8, 4) is 0 Å². The molecule has 4 heteroatoms. The molecular formula is C22H25N3O. The van der Waals surface area contributed by atoms with Crippen LogP contribution in [-0.2, 0) is 11.3 Å². The fourth-order valence-corrected chi connectivity index (χ4v) is 4.54. The molecule has 5 rings (SSSR count). The Hall–Kier alpha value is -2.17. The molecular weight excluding hydrogens is 322 g/mol. The lowest BCUT2D eigenvalue weighted by atomic mass is 9.99. The van der Waals surface area contributed by atoms with Crippen LogP contribution in [0.1, 0.15) is 48.1 Å². The lowest BCUT2D eigenvalue weighted by molar-refractivity contribution is 0.108. The fourth-order valence-electron chi connectivity index (χ4n) is 4.54. The van der Waals surface area contributed by atoms with E-state index in [2.05, 4.69) is 51.3 Å². The third-order valence-corrected chi connectivity index (χ3v) is 5.89. The zero-order valence-electron chi connectivity index (χ0n) is 15.0. The van der Waals surface area contributed by atoms with Gasteiger partial charge in [0, 0.05) is 31.3 Å². The van der Waals surface area contributed by atoms with Crippen LogP contribution in [-0.4, -0.2) is 34.6 Å². The molecule has 26 heavy (non-hydrogen) atoms. The Kier molecular flexibility index (Phi) is 4.23. The first-order valence-corrected chi connectivity index (χ1v) is 9.73. The Morgan fingerprint density at radius 2 is 2.04 bits per heavy atom. The number of aromatic nitrogens is 2. The van der Waals surface area contributed by atoms with Crippen LogP contribution >= 0.6 is 0 Å². The Morgan fingerprint density at radius 1 is 1.12 bits per heavy atom. The van der Waals surface area contributed by atoms with E-state index in [0.717, 1.165) is 44.7 Å². The van der Waals surface area contributed by atoms with Crippen LogP contribution < -0.4 is 0 Å². The average molecular weight is 347 g/mol. The summed E-state index contributed by atoms with van der Waals surface area (Å²) in [5, 5.41) is 1.25. The molecule has 134 valence electrons. The van der Waals surface area contributed by atoms with Gasteiger partial charge < -0.3 is 9.72 Å². The lowest BCUT2D eigenvalue weighted by Crippen LogP contribution is -2.20. The van der Waals surface area contributed by atoms with E-state index in [9.17, 15) is 0 Å². The highest BCUT2D eigenvalue weighted by molar-refractivity contribution is 5.81. The number of nitrogens with one attached hydrogen (secondary N) is 1. The summed E-state index contributed by atoms with van der Waals surface area (Å²) < 4.78 is 5.99. The predicted octanol–water partition coefficient (Wildman–Crippen LogP) is 4.40. The Morgan fingerprint density at radius 3 is 2.88 bits per heavy atom. The molecule has 3 aromatic rings. The van der Waals surface area contributed by atoms with E-state index < -0.39 is 0 Å². The molecule has 4 nitrogen and oxygen atoms in total. The first-order valence-electron chi connectivity index (χ1n) is 9.73. The molecule has 2 atom stereocenters. The third kappa shape index (κ3) is 2.93. The van der Waals surface area contributed by atoms with Crippen molar-refractivity contribution in [3.63, 3.8) is 0 Å². The summed E-state index contributed by atoms with van der Waals surface area (Å²) in [6, 6.07) is 15.2. The van der Waals surface area contributed by atoms with E-state index in [1.54, 1.807) is 0 Å². The van der Waals surface area contributed by atoms with E-state index in [1.165, 1.54) is 28.6 Å². The molecule has 1 N–H and O–H groups in total. The van der Waals surface area contributed by atoms with E-state index in [4.69, 9.17) is 4.74 Å². The van der Waals surface area contributed by atoms with Crippen molar-refractivity contribution in [2.24, 2.45) is 0 Å². The summed E-state index contributed by atoms with van der Waals surface area (Å²) >= 11 is 0. The van der Waals surface area contributed by atoms with Crippen molar-refractivity contribution in [1.82, 2.24) is 14.9 Å². The highest BCUT2D eigenvalue weighted by Crippen LogP contribution is 2.36. The molecule has 0 amide bonds. The molecule has 2 fully saturated rings. The number of benzene rings is 1. The zero-order valence-corrected chi connectivity index (χ0v) is 15.0. The van der Waals surface area contributed by atoms with Gasteiger partial charge in [-0.05, 0) is 55.0 Å². The van der Waals surface area contributed by atoms with Crippen molar-refractivity contribution >= 4 is 11.0 Å². The van der Waals surface area contributed by atoms with E-state index >= 15 is 0 Å². The second-order valence-electron chi connectivity index (χ2n) is 7.55. The molecule has 4 heterocycles. The van der Waals surface area contributed by atoms with Crippen LogP contribution in [0.3, 0.4) is 0 Å². The van der Waals surface area contributed by atoms with Gasteiger partial charge in [-0.2, -0.15) is 0 Å². The number of pyridine rings is 1. The van der Waals surface area contributed by atoms with Crippen molar-refractivity contribution in [2.45, 2.75) is 37.8 Å². The van der Waals surface area contributed by atoms with Crippen LogP contribution in [0.15, 0.2) is 48.7 Å². The highest BCUT2D eigenvalue weighted by atomic mass is 16.5. The van der Waals surface area contributed by atoms with Gasteiger partial charge in [0.2, 0.25) is 0 Å². The van der Waals surface area contributed by atoms with Gasteiger partial charge in [-0.1, -0.05) is 30.3 Å². The molecule has 2 aliphatic heterocycles. The minimum atomic E-state index is 0.201. The van der Waals surface area contributed by atoms with Crippen molar-refractivity contribution in [3.05, 3.63) is 65.5 Å². The van der Waals surface area contributed by atoms with Crippen molar-refractivity contribution in [1.29, 1.82) is 0 Å². The Balaban J connectivity index is 1.41. The van der Waals surface area contributed by atoms with Gasteiger partial charge in [-0.3, -0.25) is 4.90 Å². The predicted molar refractivity (Wildman–Crippen MR) is 103 cm³/mol. The first-order chi connectivity index (χ1) is 12.9. The molecule has 0 saturated carbocycles. The van der Waals surface area contributed by atoms with Crippen LogP contribution in [0.4, 0.5) is 0 Å². The summed E-state index contributed by atoms with van der Waals surface area (Å²) in [5.74, 6) is 0.644. The molecule has 2 saturated heterocycles. The zero-order chi connectivity index (χ0) is 17.3. The molecule has 1 aromatic carbocycles. The number of likely N-dealkylation sites (tertiary alicyclic amines) is 1. The summed E-state index contributed by atoms with van der Waals surface area (Å²) in [4.78, 5) is 10.7. The van der Waals surface area contributed by atoms with Gasteiger partial charge in [0.1, 0.15) is 5.65 Å². The molecule has 2 aromatic heterocycles. The van der Waals surface area contributed by atoms with Gasteiger partial charge in [0.25, 0.3) is 0 Å². The quantitative estimate of drug-likeness (QED) is 0.760. The topological polar surface area (TPSA) is 41.1 Å². The second kappa shape index (κ2) is 6.86. The number of ether oxygens (including phenoxy) is 1.